The van der Waals surface area contributed by atoms with Crippen LogP contribution in [0.4, 0.5) is 10.5 Å². The van der Waals surface area contributed by atoms with Crippen molar-refractivity contribution in [3.63, 3.8) is 0 Å². The molecule has 1 atom stereocenters. The van der Waals surface area contributed by atoms with E-state index < -0.39 is 0 Å². The highest BCUT2D eigenvalue weighted by Crippen LogP contribution is 2.29. The molecule has 0 radical (unpaired) electrons. The molecule has 3 amide bonds. The predicted octanol–water partition coefficient (Wildman–Crippen LogP) is 4.09. The number of imidazole rings is 1. The molecule has 2 aromatic heterocycles. The summed E-state index contributed by atoms with van der Waals surface area (Å²) in [7, 11) is 0. The monoisotopic (exact) mass is 476 g/mol. The van der Waals surface area contributed by atoms with Gasteiger partial charge in [0.1, 0.15) is 5.65 Å². The molecule has 0 bridgehead atoms. The van der Waals surface area contributed by atoms with Gasteiger partial charge in [-0.25, -0.2) is 9.78 Å². The van der Waals surface area contributed by atoms with Crippen LogP contribution >= 0.6 is 0 Å². The Hall–Kier alpha value is -3.39. The van der Waals surface area contributed by atoms with Gasteiger partial charge in [-0.3, -0.25) is 9.69 Å². The summed E-state index contributed by atoms with van der Waals surface area (Å²) in [6.45, 7) is 10.0. The zero-order valence-electron chi connectivity index (χ0n) is 20.9. The Bertz CT molecular complexity index is 1130. The van der Waals surface area contributed by atoms with E-state index in [1.807, 2.05) is 52.9 Å². The first-order chi connectivity index (χ1) is 17.0. The number of nitrogens with zero attached hydrogens (tertiary/aromatic N) is 4. The Morgan fingerprint density at radius 3 is 2.49 bits per heavy atom. The predicted molar refractivity (Wildman–Crippen MR) is 138 cm³/mol. The van der Waals surface area contributed by atoms with Gasteiger partial charge in [0.25, 0.3) is 0 Å². The van der Waals surface area contributed by atoms with Crippen LogP contribution in [0.3, 0.4) is 0 Å². The SMILES string of the molecule is CCN(CC)C(C)C(=O)N1CCC(c2ccc(NC(=O)NCc3ccn4ccnc4c3)cc2)CC1. The second kappa shape index (κ2) is 11.4. The molecule has 8 nitrogen and oxygen atoms in total. The average molecular weight is 477 g/mol. The highest BCUT2D eigenvalue weighted by atomic mass is 16.2. The fraction of sp³-hybridized carbons (Fsp3) is 0.444. The number of pyridine rings is 1. The lowest BCUT2D eigenvalue weighted by Crippen LogP contribution is -2.49. The molecule has 0 spiro atoms. The van der Waals surface area contributed by atoms with Gasteiger partial charge in [-0.05, 0) is 74.2 Å². The van der Waals surface area contributed by atoms with Crippen LogP contribution in [0.5, 0.6) is 0 Å². The van der Waals surface area contributed by atoms with E-state index in [4.69, 9.17) is 0 Å². The molecule has 8 heteroatoms. The molecule has 3 aromatic rings. The Morgan fingerprint density at radius 2 is 1.80 bits per heavy atom. The largest absolute Gasteiger partial charge is 0.341 e. The maximum atomic E-state index is 12.9. The number of likely N-dealkylation sites (N-methyl/N-ethyl adjacent to an activating group) is 1. The van der Waals surface area contributed by atoms with E-state index in [0.29, 0.717) is 12.5 Å². The van der Waals surface area contributed by atoms with Gasteiger partial charge in [0.15, 0.2) is 0 Å². The summed E-state index contributed by atoms with van der Waals surface area (Å²) in [5.74, 6) is 0.672. The Balaban J connectivity index is 1.24. The van der Waals surface area contributed by atoms with Crippen molar-refractivity contribution in [2.24, 2.45) is 0 Å². The van der Waals surface area contributed by atoms with Crippen LogP contribution in [0.1, 0.15) is 50.7 Å². The van der Waals surface area contributed by atoms with Gasteiger partial charge >= 0.3 is 6.03 Å². The van der Waals surface area contributed by atoms with Gasteiger partial charge < -0.3 is 19.9 Å². The molecule has 4 rings (SSSR count). The molecule has 1 unspecified atom stereocenters. The van der Waals surface area contributed by atoms with E-state index in [2.05, 4.69) is 46.5 Å². The van der Waals surface area contributed by atoms with Crippen molar-refractivity contribution < 1.29 is 9.59 Å². The summed E-state index contributed by atoms with van der Waals surface area (Å²) < 4.78 is 1.93. The van der Waals surface area contributed by atoms with Gasteiger partial charge in [0, 0.05) is 43.9 Å². The van der Waals surface area contributed by atoms with Crippen molar-refractivity contribution in [2.75, 3.05) is 31.5 Å². The van der Waals surface area contributed by atoms with E-state index in [9.17, 15) is 9.59 Å². The van der Waals surface area contributed by atoms with E-state index >= 15 is 0 Å². The van der Waals surface area contributed by atoms with Gasteiger partial charge in [0.2, 0.25) is 5.91 Å². The number of urea groups is 1. The lowest BCUT2D eigenvalue weighted by atomic mass is 9.89. The van der Waals surface area contributed by atoms with Gasteiger partial charge in [-0.1, -0.05) is 26.0 Å². The highest BCUT2D eigenvalue weighted by molar-refractivity contribution is 5.89. The second-order valence-corrected chi connectivity index (χ2v) is 9.15. The van der Waals surface area contributed by atoms with Crippen molar-refractivity contribution in [3.05, 3.63) is 66.1 Å². The molecule has 1 aliphatic heterocycles. The number of rotatable bonds is 8. The van der Waals surface area contributed by atoms with Gasteiger partial charge in [-0.15, -0.1) is 0 Å². The number of carbonyl (C=O) groups excluding carboxylic acids is 2. The Morgan fingerprint density at radius 1 is 1.09 bits per heavy atom. The molecule has 186 valence electrons. The van der Waals surface area contributed by atoms with Gasteiger partial charge in [0.05, 0.1) is 6.04 Å². The van der Waals surface area contributed by atoms with Crippen LogP contribution in [-0.4, -0.2) is 63.3 Å². The number of amides is 3. The lowest BCUT2D eigenvalue weighted by molar-refractivity contribution is -0.137. The van der Waals surface area contributed by atoms with Crippen molar-refractivity contribution in [1.29, 1.82) is 0 Å². The molecule has 2 N–H and O–H groups in total. The number of nitrogens with one attached hydrogen (secondary N) is 2. The molecule has 1 saturated heterocycles. The van der Waals surface area contributed by atoms with E-state index in [1.54, 1.807) is 6.20 Å². The number of piperidine rings is 1. The summed E-state index contributed by atoms with van der Waals surface area (Å²) in [6.07, 6.45) is 7.50. The number of fused-ring (bicyclic) bond motifs is 1. The minimum absolute atomic E-state index is 0.0633. The van der Waals surface area contributed by atoms with Crippen LogP contribution in [0.2, 0.25) is 0 Å². The molecule has 1 aliphatic rings. The highest BCUT2D eigenvalue weighted by Gasteiger charge is 2.28. The van der Waals surface area contributed by atoms with E-state index in [-0.39, 0.29) is 18.0 Å². The standard InChI is InChI=1S/C27H36N6O2/c1-4-31(5-2)20(3)26(34)33-15-11-23(12-16-33)22-6-8-24(9-7-22)30-27(35)29-19-21-10-14-32-17-13-28-25(32)18-21/h6-10,13-14,17-18,20,23H,4-5,11-12,15-16,19H2,1-3H3,(H2,29,30,35). The Labute approximate surface area is 207 Å². The fourth-order valence-electron chi connectivity index (χ4n) is 4.88. The minimum atomic E-state index is -0.241. The molecular weight excluding hydrogens is 440 g/mol. The first-order valence-corrected chi connectivity index (χ1v) is 12.6. The quantitative estimate of drug-likeness (QED) is 0.513. The van der Waals surface area contributed by atoms with Crippen LogP contribution in [0, 0.1) is 0 Å². The third-order valence-corrected chi connectivity index (χ3v) is 7.08. The number of aromatic nitrogens is 2. The minimum Gasteiger partial charge on any atom is -0.341 e. The number of hydrogen-bond donors (Lipinski definition) is 2. The smallest absolute Gasteiger partial charge is 0.319 e. The summed E-state index contributed by atoms with van der Waals surface area (Å²) in [5, 5.41) is 5.80. The van der Waals surface area contributed by atoms with Crippen molar-refractivity contribution in [1.82, 2.24) is 24.5 Å². The average Bonchev–Trinajstić information content (AvgIpc) is 3.36. The summed E-state index contributed by atoms with van der Waals surface area (Å²) in [6, 6.07) is 11.7. The first-order valence-electron chi connectivity index (χ1n) is 12.6. The lowest BCUT2D eigenvalue weighted by Gasteiger charge is -2.36. The fourth-order valence-corrected chi connectivity index (χ4v) is 4.88. The summed E-state index contributed by atoms with van der Waals surface area (Å²) in [5.41, 5.74) is 3.86. The molecule has 0 aliphatic carbocycles. The number of anilines is 1. The normalized spacial score (nSPS) is 15.4. The number of hydrogen-bond acceptors (Lipinski definition) is 4. The van der Waals surface area contributed by atoms with Crippen LogP contribution in [-0.2, 0) is 11.3 Å². The second-order valence-electron chi connectivity index (χ2n) is 9.15. The zero-order valence-corrected chi connectivity index (χ0v) is 20.9. The van der Waals surface area contributed by atoms with Crippen LogP contribution in [0.15, 0.2) is 55.0 Å². The maximum absolute atomic E-state index is 12.9. The maximum Gasteiger partial charge on any atom is 0.319 e. The topological polar surface area (TPSA) is 82.0 Å². The molecule has 3 heterocycles. The van der Waals surface area contributed by atoms with Crippen LogP contribution in [0.25, 0.3) is 5.65 Å². The van der Waals surface area contributed by atoms with Crippen LogP contribution < -0.4 is 10.6 Å². The molecule has 35 heavy (non-hydrogen) atoms. The Kier molecular flexibility index (Phi) is 8.02. The van der Waals surface area contributed by atoms with Crippen molar-refractivity contribution in [2.45, 2.75) is 52.1 Å². The first kappa shape index (κ1) is 24.7. The molecule has 1 aromatic carbocycles. The van der Waals surface area contributed by atoms with Crippen molar-refractivity contribution in [3.8, 4) is 0 Å². The number of carbonyl (C=O) groups is 2. The van der Waals surface area contributed by atoms with E-state index in [0.717, 1.165) is 55.9 Å². The molecular formula is C27H36N6O2. The molecule has 1 fully saturated rings. The van der Waals surface area contributed by atoms with Crippen molar-refractivity contribution >= 4 is 23.3 Å². The summed E-state index contributed by atoms with van der Waals surface area (Å²) in [4.78, 5) is 33.7. The van der Waals surface area contributed by atoms with Gasteiger partial charge in [-0.2, -0.15) is 0 Å². The molecule has 0 saturated carbocycles. The number of benzene rings is 1. The third kappa shape index (κ3) is 6.00. The third-order valence-electron chi connectivity index (χ3n) is 7.08. The number of likely N-dealkylation sites (tertiary alicyclic amines) is 1. The van der Waals surface area contributed by atoms with E-state index in [1.165, 1.54) is 5.56 Å². The summed E-state index contributed by atoms with van der Waals surface area (Å²) >= 11 is 0. The zero-order chi connectivity index (χ0) is 24.8.